The molecule has 0 aromatic carbocycles. The quantitative estimate of drug-likeness (QED) is 0.252. The molecule has 0 aliphatic heterocycles. The molecule has 0 saturated carbocycles. The molecule has 5 N–H and O–H groups in total. The topological polar surface area (TPSA) is 102 Å². The summed E-state index contributed by atoms with van der Waals surface area (Å²) in [6.07, 6.45) is 1.48. The summed E-state index contributed by atoms with van der Waals surface area (Å²) in [5.74, 6) is 6.36. The molecule has 0 spiro atoms. The molecule has 6 heteroatoms. The first kappa shape index (κ1) is 9.11. The van der Waals surface area contributed by atoms with Crippen LogP contribution in [0.3, 0.4) is 0 Å². The van der Waals surface area contributed by atoms with Crippen LogP contribution in [0.25, 0.3) is 0 Å². The first-order valence-corrected chi connectivity index (χ1v) is 3.61. The monoisotopic (exact) mass is 181 g/mol. The predicted molar refractivity (Wildman–Crippen MR) is 50.0 cm³/mol. The highest BCUT2D eigenvalue weighted by Crippen LogP contribution is 2.02. The van der Waals surface area contributed by atoms with E-state index in [0.717, 1.165) is 5.76 Å². The molecule has 1 rings (SSSR count). The van der Waals surface area contributed by atoms with Crippen LogP contribution in [0, 0.1) is 6.92 Å². The Kier molecular flexibility index (Phi) is 2.91. The third-order valence-electron chi connectivity index (χ3n) is 1.27. The molecule has 0 bridgehead atoms. The summed E-state index contributed by atoms with van der Waals surface area (Å²) in [5.41, 5.74) is 7.61. The average molecular weight is 181 g/mol. The maximum atomic E-state index is 5.21. The Morgan fingerprint density at radius 1 is 1.62 bits per heavy atom. The number of rotatable bonds is 2. The smallest absolute Gasteiger partial charge is 0.231 e. The van der Waals surface area contributed by atoms with E-state index in [0.29, 0.717) is 5.76 Å². The zero-order valence-electron chi connectivity index (χ0n) is 7.19. The van der Waals surface area contributed by atoms with Gasteiger partial charge < -0.3 is 16.0 Å². The van der Waals surface area contributed by atoms with Crippen molar-refractivity contribution in [2.75, 3.05) is 0 Å². The minimum atomic E-state index is 0.0412. The van der Waals surface area contributed by atoms with Crippen molar-refractivity contribution in [1.82, 2.24) is 5.43 Å². The number of nitrogens with one attached hydrogen (secondary N) is 1. The Balaban J connectivity index is 2.50. The van der Waals surface area contributed by atoms with E-state index in [2.05, 4.69) is 15.6 Å². The van der Waals surface area contributed by atoms with E-state index in [1.165, 1.54) is 6.21 Å². The van der Waals surface area contributed by atoms with E-state index in [1.54, 1.807) is 6.07 Å². The second-order valence-electron chi connectivity index (χ2n) is 2.33. The molecule has 0 unspecified atom stereocenters. The Bertz CT molecular complexity index is 327. The van der Waals surface area contributed by atoms with Crippen molar-refractivity contribution >= 4 is 12.2 Å². The third-order valence-corrected chi connectivity index (χ3v) is 1.27. The lowest BCUT2D eigenvalue weighted by molar-refractivity contribution is 0.527. The fraction of sp³-hybridized carbons (Fsp3) is 0.143. The van der Waals surface area contributed by atoms with Crippen molar-refractivity contribution in [3.05, 3.63) is 23.7 Å². The number of nitrogens with two attached hydrogens (primary N) is 2. The minimum Gasteiger partial charge on any atom is -0.460 e. The first-order chi connectivity index (χ1) is 6.22. The van der Waals surface area contributed by atoms with Gasteiger partial charge in [0.1, 0.15) is 11.5 Å². The lowest BCUT2D eigenvalue weighted by atomic mass is 10.4. The maximum absolute atomic E-state index is 5.21. The van der Waals surface area contributed by atoms with E-state index in [9.17, 15) is 0 Å². The molecule has 70 valence electrons. The number of hydrazone groups is 2. The number of hydrogen-bond donors (Lipinski definition) is 3. The predicted octanol–water partition coefficient (Wildman–Crippen LogP) is -0.300. The van der Waals surface area contributed by atoms with Gasteiger partial charge in [0.05, 0.1) is 6.21 Å². The fourth-order valence-electron chi connectivity index (χ4n) is 0.714. The first-order valence-electron chi connectivity index (χ1n) is 3.61. The number of aryl methyl sites for hydroxylation is 1. The van der Waals surface area contributed by atoms with Gasteiger partial charge in [-0.05, 0) is 19.1 Å². The van der Waals surface area contributed by atoms with Crippen LogP contribution in [0.1, 0.15) is 11.5 Å². The molecular weight excluding hydrogens is 170 g/mol. The molecule has 1 aromatic rings. The second kappa shape index (κ2) is 4.15. The van der Waals surface area contributed by atoms with Crippen molar-refractivity contribution in [2.24, 2.45) is 21.8 Å². The van der Waals surface area contributed by atoms with Crippen LogP contribution in [-0.2, 0) is 0 Å². The summed E-state index contributed by atoms with van der Waals surface area (Å²) >= 11 is 0. The molecular formula is C7H11N5O. The van der Waals surface area contributed by atoms with E-state index in [4.69, 9.17) is 16.0 Å². The van der Waals surface area contributed by atoms with Crippen molar-refractivity contribution in [3.8, 4) is 0 Å². The van der Waals surface area contributed by atoms with Crippen LogP contribution in [0.5, 0.6) is 0 Å². The normalized spacial score (nSPS) is 12.2. The fourth-order valence-corrected chi connectivity index (χ4v) is 0.714. The van der Waals surface area contributed by atoms with E-state index in [1.807, 2.05) is 13.0 Å². The molecule has 13 heavy (non-hydrogen) atoms. The number of hydrogen-bond acceptors (Lipinski definition) is 4. The van der Waals surface area contributed by atoms with Gasteiger partial charge in [-0.1, -0.05) is 0 Å². The zero-order chi connectivity index (χ0) is 9.68. The number of nitrogens with zero attached hydrogens (tertiary/aromatic N) is 2. The second-order valence-corrected chi connectivity index (χ2v) is 2.33. The van der Waals surface area contributed by atoms with Crippen LogP contribution < -0.4 is 17.0 Å². The standard InChI is InChI=1S/C7H11N5O/c1-5-2-3-6(13-5)4-10-12-7(8)11-9/h2-4H,9H2,1H3,(H3,8,11,12)/b10-4+. The van der Waals surface area contributed by atoms with Gasteiger partial charge in [-0.15, -0.1) is 5.10 Å². The summed E-state index contributed by atoms with van der Waals surface area (Å²) in [5, 5.41) is 6.88. The highest BCUT2D eigenvalue weighted by molar-refractivity contribution is 5.81. The average Bonchev–Trinajstić information content (AvgIpc) is 2.51. The van der Waals surface area contributed by atoms with Crippen molar-refractivity contribution in [1.29, 1.82) is 0 Å². The van der Waals surface area contributed by atoms with Gasteiger partial charge in [-0.2, -0.15) is 5.10 Å². The van der Waals surface area contributed by atoms with Crippen molar-refractivity contribution < 1.29 is 4.42 Å². The molecule has 6 nitrogen and oxygen atoms in total. The van der Waals surface area contributed by atoms with Gasteiger partial charge in [0.15, 0.2) is 0 Å². The molecule has 0 saturated heterocycles. The Morgan fingerprint density at radius 3 is 2.92 bits per heavy atom. The van der Waals surface area contributed by atoms with Gasteiger partial charge in [0, 0.05) is 0 Å². The lowest BCUT2D eigenvalue weighted by Crippen LogP contribution is -2.28. The van der Waals surface area contributed by atoms with Crippen LogP contribution in [0.4, 0.5) is 0 Å². The van der Waals surface area contributed by atoms with Gasteiger partial charge in [0.2, 0.25) is 5.96 Å². The van der Waals surface area contributed by atoms with E-state index >= 15 is 0 Å². The van der Waals surface area contributed by atoms with Crippen LogP contribution in [0.2, 0.25) is 0 Å². The van der Waals surface area contributed by atoms with Gasteiger partial charge in [-0.25, -0.2) is 5.43 Å². The highest BCUT2D eigenvalue weighted by atomic mass is 16.3. The summed E-state index contributed by atoms with van der Waals surface area (Å²) < 4.78 is 5.20. The minimum absolute atomic E-state index is 0.0412. The molecule has 1 aromatic heterocycles. The zero-order valence-corrected chi connectivity index (χ0v) is 7.19. The van der Waals surface area contributed by atoms with Crippen molar-refractivity contribution in [2.45, 2.75) is 6.92 Å². The number of guanidine groups is 1. The molecule has 0 amide bonds. The summed E-state index contributed by atoms with van der Waals surface area (Å²) in [7, 11) is 0. The Morgan fingerprint density at radius 2 is 2.38 bits per heavy atom. The molecule has 1 heterocycles. The molecule has 0 fully saturated rings. The van der Waals surface area contributed by atoms with Crippen LogP contribution in [0.15, 0.2) is 26.8 Å². The molecule has 0 atom stereocenters. The number of furan rings is 1. The third kappa shape index (κ3) is 2.86. The summed E-state index contributed by atoms with van der Waals surface area (Å²) in [6, 6.07) is 3.62. The highest BCUT2D eigenvalue weighted by Gasteiger charge is 1.92. The largest absolute Gasteiger partial charge is 0.460 e. The maximum Gasteiger partial charge on any atom is 0.231 e. The van der Waals surface area contributed by atoms with Gasteiger partial charge >= 0.3 is 0 Å². The SMILES string of the molecule is Cc1ccc(/C=N/NC(N)=NN)o1. The van der Waals surface area contributed by atoms with Gasteiger partial charge in [-0.3, -0.25) is 0 Å². The summed E-state index contributed by atoms with van der Waals surface area (Å²) in [6.45, 7) is 1.85. The molecule has 0 aliphatic carbocycles. The lowest BCUT2D eigenvalue weighted by Gasteiger charge is -1.93. The molecule has 0 aliphatic rings. The Labute approximate surface area is 75.3 Å². The van der Waals surface area contributed by atoms with E-state index < -0.39 is 0 Å². The van der Waals surface area contributed by atoms with Crippen LogP contribution in [-0.4, -0.2) is 12.2 Å². The van der Waals surface area contributed by atoms with E-state index in [-0.39, 0.29) is 5.96 Å². The van der Waals surface area contributed by atoms with Crippen molar-refractivity contribution in [3.63, 3.8) is 0 Å². The summed E-state index contributed by atoms with van der Waals surface area (Å²) in [4.78, 5) is 0. The van der Waals surface area contributed by atoms with Gasteiger partial charge in [0.25, 0.3) is 0 Å². The van der Waals surface area contributed by atoms with Crippen LogP contribution >= 0.6 is 0 Å². The molecule has 0 radical (unpaired) electrons. The Hall–Kier alpha value is -1.98.